The van der Waals surface area contributed by atoms with E-state index in [9.17, 15) is 4.39 Å². The fraction of sp³-hybridized carbons (Fsp3) is 0.200. The van der Waals surface area contributed by atoms with E-state index < -0.39 is 0 Å². The second-order valence-corrected chi connectivity index (χ2v) is 3.75. The van der Waals surface area contributed by atoms with Gasteiger partial charge in [0.05, 0.1) is 0 Å². The van der Waals surface area contributed by atoms with Gasteiger partial charge in [-0.1, -0.05) is 39.7 Å². The molecule has 3 heteroatoms. The molecule has 0 unspecified atom stereocenters. The van der Waals surface area contributed by atoms with Crippen LogP contribution in [0.1, 0.15) is 12.0 Å². The molecule has 0 bridgehead atoms. The lowest BCUT2D eigenvalue weighted by molar-refractivity contribution is 0.627. The smallest absolute Gasteiger partial charge is 0.123 e. The van der Waals surface area contributed by atoms with E-state index in [1.807, 2.05) is 12.2 Å². The molecule has 0 spiro atoms. The molecule has 1 rings (SSSR count). The summed E-state index contributed by atoms with van der Waals surface area (Å²) in [6, 6.07) is 4.34. The van der Waals surface area contributed by atoms with E-state index in [4.69, 9.17) is 11.6 Å². The van der Waals surface area contributed by atoms with Gasteiger partial charge >= 0.3 is 0 Å². The first-order valence-corrected chi connectivity index (χ1v) is 5.41. The number of alkyl halides is 1. The maximum Gasteiger partial charge on any atom is 0.123 e. The molecule has 0 N–H and O–H groups in total. The molecule has 13 heavy (non-hydrogen) atoms. The van der Waals surface area contributed by atoms with Crippen molar-refractivity contribution in [3.8, 4) is 0 Å². The number of benzene rings is 1. The summed E-state index contributed by atoms with van der Waals surface area (Å²) >= 11 is 9.14. The third kappa shape index (κ3) is 3.49. The summed E-state index contributed by atoms with van der Waals surface area (Å²) in [7, 11) is 0. The Morgan fingerprint density at radius 1 is 1.46 bits per heavy atom. The quantitative estimate of drug-likeness (QED) is 0.714. The highest BCUT2D eigenvalue weighted by Crippen LogP contribution is 2.18. The maximum absolute atomic E-state index is 12.8. The van der Waals surface area contributed by atoms with Gasteiger partial charge in [0.15, 0.2) is 0 Å². The Labute approximate surface area is 90.5 Å². The molecule has 0 amide bonds. The molecule has 0 aliphatic rings. The molecule has 0 saturated carbocycles. The zero-order valence-corrected chi connectivity index (χ0v) is 9.28. The number of rotatable bonds is 3. The van der Waals surface area contributed by atoms with Crippen molar-refractivity contribution in [2.45, 2.75) is 6.42 Å². The number of allylic oxidation sites excluding steroid dienone is 1. The van der Waals surface area contributed by atoms with Crippen molar-refractivity contribution in [1.82, 2.24) is 0 Å². The number of halogens is 3. The van der Waals surface area contributed by atoms with E-state index in [-0.39, 0.29) is 5.82 Å². The van der Waals surface area contributed by atoms with Crippen molar-refractivity contribution in [3.05, 3.63) is 40.7 Å². The lowest BCUT2D eigenvalue weighted by Gasteiger charge is -1.97. The molecule has 0 aliphatic carbocycles. The standard InChI is InChI=1S/C10H9BrClF/c11-6-2-1-3-8-7-9(13)4-5-10(8)12/h1,3-5,7H,2,6H2. The Bertz CT molecular complexity index is 310. The van der Waals surface area contributed by atoms with Crippen LogP contribution in [0.2, 0.25) is 5.02 Å². The van der Waals surface area contributed by atoms with Gasteiger partial charge in [0.25, 0.3) is 0 Å². The van der Waals surface area contributed by atoms with Crippen LogP contribution in [0.3, 0.4) is 0 Å². The van der Waals surface area contributed by atoms with Crippen molar-refractivity contribution in [1.29, 1.82) is 0 Å². The first-order chi connectivity index (χ1) is 6.24. The molecule has 0 nitrogen and oxygen atoms in total. The lowest BCUT2D eigenvalue weighted by atomic mass is 10.2. The van der Waals surface area contributed by atoms with E-state index in [1.165, 1.54) is 12.1 Å². The van der Waals surface area contributed by atoms with Gasteiger partial charge in [-0.3, -0.25) is 0 Å². The third-order valence-electron chi connectivity index (χ3n) is 1.53. The molecule has 0 aliphatic heterocycles. The van der Waals surface area contributed by atoms with E-state index in [0.717, 1.165) is 17.3 Å². The maximum atomic E-state index is 12.8. The summed E-state index contributed by atoms with van der Waals surface area (Å²) in [6.07, 6.45) is 4.69. The van der Waals surface area contributed by atoms with Gasteiger partial charge in [-0.2, -0.15) is 0 Å². The Morgan fingerprint density at radius 3 is 2.92 bits per heavy atom. The zero-order chi connectivity index (χ0) is 9.68. The summed E-state index contributed by atoms with van der Waals surface area (Å²) in [5.41, 5.74) is 0.725. The van der Waals surface area contributed by atoms with Gasteiger partial charge in [0.2, 0.25) is 0 Å². The van der Waals surface area contributed by atoms with Crippen molar-refractivity contribution >= 4 is 33.6 Å². The van der Waals surface area contributed by atoms with Gasteiger partial charge in [-0.05, 0) is 30.2 Å². The van der Waals surface area contributed by atoms with Crippen LogP contribution in [-0.2, 0) is 0 Å². The van der Waals surface area contributed by atoms with Crippen molar-refractivity contribution in [2.75, 3.05) is 5.33 Å². The molecule has 0 heterocycles. The van der Waals surface area contributed by atoms with Crippen LogP contribution in [-0.4, -0.2) is 5.33 Å². The molecule has 0 saturated heterocycles. The summed E-state index contributed by atoms with van der Waals surface area (Å²) in [4.78, 5) is 0. The fourth-order valence-electron chi connectivity index (χ4n) is 0.916. The minimum atomic E-state index is -0.261. The molecule has 0 fully saturated rings. The average Bonchev–Trinajstić information content (AvgIpc) is 2.11. The van der Waals surface area contributed by atoms with Gasteiger partial charge in [0, 0.05) is 10.4 Å². The highest BCUT2D eigenvalue weighted by molar-refractivity contribution is 9.09. The second-order valence-electron chi connectivity index (χ2n) is 2.55. The zero-order valence-electron chi connectivity index (χ0n) is 6.93. The predicted molar refractivity (Wildman–Crippen MR) is 58.9 cm³/mol. The molecular weight excluding hydrogens is 254 g/mol. The Balaban J connectivity index is 2.81. The van der Waals surface area contributed by atoms with Crippen LogP contribution >= 0.6 is 27.5 Å². The largest absolute Gasteiger partial charge is 0.207 e. The Morgan fingerprint density at radius 2 is 2.23 bits per heavy atom. The predicted octanol–water partition coefficient (Wildman–Crippen LogP) is 4.28. The van der Waals surface area contributed by atoms with Gasteiger partial charge in [-0.15, -0.1) is 0 Å². The monoisotopic (exact) mass is 262 g/mol. The third-order valence-corrected chi connectivity index (χ3v) is 2.33. The summed E-state index contributed by atoms with van der Waals surface area (Å²) in [6.45, 7) is 0. The minimum absolute atomic E-state index is 0.261. The fourth-order valence-corrected chi connectivity index (χ4v) is 1.36. The van der Waals surface area contributed by atoms with Crippen LogP contribution in [0.25, 0.3) is 6.08 Å². The Kier molecular flexibility index (Phi) is 4.46. The van der Waals surface area contributed by atoms with E-state index >= 15 is 0 Å². The highest BCUT2D eigenvalue weighted by Gasteiger charge is 1.97. The second kappa shape index (κ2) is 5.40. The molecule has 0 aromatic heterocycles. The molecule has 70 valence electrons. The molecule has 1 aromatic carbocycles. The molecular formula is C10H9BrClF. The lowest BCUT2D eigenvalue weighted by Crippen LogP contribution is -1.78. The van der Waals surface area contributed by atoms with E-state index in [1.54, 1.807) is 6.07 Å². The molecule has 0 atom stereocenters. The van der Waals surface area contributed by atoms with Crippen LogP contribution in [0.5, 0.6) is 0 Å². The molecule has 0 radical (unpaired) electrons. The van der Waals surface area contributed by atoms with Crippen LogP contribution < -0.4 is 0 Å². The highest BCUT2D eigenvalue weighted by atomic mass is 79.9. The summed E-state index contributed by atoms with van der Waals surface area (Å²) in [5.74, 6) is -0.261. The summed E-state index contributed by atoms with van der Waals surface area (Å²) < 4.78 is 12.8. The van der Waals surface area contributed by atoms with E-state index in [2.05, 4.69) is 15.9 Å². The number of hydrogen-bond acceptors (Lipinski definition) is 0. The average molecular weight is 264 g/mol. The van der Waals surface area contributed by atoms with Gasteiger partial charge in [0.1, 0.15) is 5.82 Å². The number of hydrogen-bond donors (Lipinski definition) is 0. The van der Waals surface area contributed by atoms with Crippen molar-refractivity contribution in [2.24, 2.45) is 0 Å². The van der Waals surface area contributed by atoms with Gasteiger partial charge < -0.3 is 0 Å². The first-order valence-electron chi connectivity index (χ1n) is 3.91. The first kappa shape index (κ1) is 10.7. The SMILES string of the molecule is Fc1ccc(Cl)c(C=CCCBr)c1. The molecule has 1 aromatic rings. The van der Waals surface area contributed by atoms with E-state index in [0.29, 0.717) is 5.02 Å². The minimum Gasteiger partial charge on any atom is -0.207 e. The van der Waals surface area contributed by atoms with Crippen LogP contribution in [0.15, 0.2) is 24.3 Å². The van der Waals surface area contributed by atoms with Crippen LogP contribution in [0, 0.1) is 5.82 Å². The van der Waals surface area contributed by atoms with Crippen molar-refractivity contribution in [3.63, 3.8) is 0 Å². The van der Waals surface area contributed by atoms with Gasteiger partial charge in [-0.25, -0.2) is 4.39 Å². The van der Waals surface area contributed by atoms with Crippen molar-refractivity contribution < 1.29 is 4.39 Å². The Hall–Kier alpha value is -0.340. The topological polar surface area (TPSA) is 0 Å². The van der Waals surface area contributed by atoms with Crippen LogP contribution in [0.4, 0.5) is 4.39 Å². The summed E-state index contributed by atoms with van der Waals surface area (Å²) in [5, 5.41) is 1.48. The normalized spacial score (nSPS) is 11.0.